The number of benzene rings is 2. The minimum Gasteiger partial charge on any atom is -0.396 e. The van der Waals surface area contributed by atoms with Crippen LogP contribution < -0.4 is 0 Å². The molecule has 0 spiro atoms. The SMILES string of the molecule is COP(=O)(/N=C1/CC(CCCO)=CC(c2ccc(CN3CCCC3)cc2)N1Cc1sc2ccccc2c1Cl)OC. The van der Waals surface area contributed by atoms with Gasteiger partial charge in [-0.05, 0) is 56.0 Å². The number of rotatable bonds is 11. The molecule has 1 fully saturated rings. The molecular weight excluding hydrogens is 565 g/mol. The first-order valence-corrected chi connectivity index (χ1v) is 16.5. The molecule has 3 aromatic rings. The standard InChI is InChI=1S/C30H37ClN3O4PS/c1-37-39(36,38-2)32-29-19-23(8-7-17-35)18-26(24-13-11-22(12-14-24)20-33-15-5-6-16-33)34(29)21-28-30(31)25-9-3-4-10-27(25)40-28/h3-4,9-14,18,26,35H,5-8,15-17,19-21H2,1-2H3/b32-29-. The van der Waals surface area contributed by atoms with E-state index in [1.165, 1.54) is 32.6 Å². The number of hydrogen-bond donors (Lipinski definition) is 1. The summed E-state index contributed by atoms with van der Waals surface area (Å²) in [6.45, 7) is 3.87. The Labute approximate surface area is 245 Å². The number of aliphatic hydroxyl groups is 1. The van der Waals surface area contributed by atoms with E-state index < -0.39 is 7.75 Å². The van der Waals surface area contributed by atoms with E-state index in [0.29, 0.717) is 25.2 Å². The first-order valence-electron chi connectivity index (χ1n) is 13.8. The molecule has 214 valence electrons. The summed E-state index contributed by atoms with van der Waals surface area (Å²) in [5.74, 6) is 0.627. The highest BCUT2D eigenvalue weighted by Gasteiger charge is 2.32. The monoisotopic (exact) mass is 601 g/mol. The maximum Gasteiger partial charge on any atom is 0.454 e. The molecule has 1 aromatic heterocycles. The van der Waals surface area contributed by atoms with Crippen LogP contribution in [0.2, 0.25) is 5.02 Å². The molecule has 0 saturated carbocycles. The molecule has 0 amide bonds. The van der Waals surface area contributed by atoms with E-state index in [9.17, 15) is 9.67 Å². The molecule has 1 unspecified atom stereocenters. The third-order valence-corrected chi connectivity index (χ3v) is 10.7. The van der Waals surface area contributed by atoms with Crippen molar-refractivity contribution in [3.8, 4) is 0 Å². The second-order valence-electron chi connectivity index (χ2n) is 10.3. The van der Waals surface area contributed by atoms with Crippen molar-refractivity contribution < 1.29 is 18.7 Å². The molecule has 0 radical (unpaired) electrons. The van der Waals surface area contributed by atoms with E-state index >= 15 is 0 Å². The van der Waals surface area contributed by atoms with Crippen LogP contribution in [0.3, 0.4) is 0 Å². The van der Waals surface area contributed by atoms with Gasteiger partial charge in [0.1, 0.15) is 5.84 Å². The third-order valence-electron chi connectivity index (χ3n) is 7.64. The molecule has 1 N–H and O–H groups in total. The van der Waals surface area contributed by atoms with Gasteiger partial charge in [-0.2, -0.15) is 4.76 Å². The maximum absolute atomic E-state index is 13.3. The third kappa shape index (κ3) is 6.71. The van der Waals surface area contributed by atoms with E-state index in [2.05, 4.69) is 51.0 Å². The van der Waals surface area contributed by atoms with Crippen molar-refractivity contribution in [2.75, 3.05) is 33.9 Å². The predicted molar refractivity (Wildman–Crippen MR) is 164 cm³/mol. The zero-order chi connectivity index (χ0) is 28.1. The maximum atomic E-state index is 13.3. The number of thiophene rings is 1. The summed E-state index contributed by atoms with van der Waals surface area (Å²) in [7, 11) is -0.991. The van der Waals surface area contributed by atoms with Crippen LogP contribution in [-0.4, -0.2) is 54.7 Å². The van der Waals surface area contributed by atoms with Crippen LogP contribution in [0.5, 0.6) is 0 Å². The Morgan fingerprint density at radius 3 is 2.48 bits per heavy atom. The summed E-state index contributed by atoms with van der Waals surface area (Å²) in [4.78, 5) is 5.68. The number of fused-ring (bicyclic) bond motifs is 1. The van der Waals surface area contributed by atoms with Crippen LogP contribution in [-0.2, 0) is 26.7 Å². The topological polar surface area (TPSA) is 74.6 Å². The minimum atomic E-state index is -3.69. The molecular formula is C30H37ClN3O4PS. The molecule has 1 saturated heterocycles. The van der Waals surface area contributed by atoms with E-state index in [1.807, 2.05) is 18.2 Å². The second kappa shape index (κ2) is 13.3. The smallest absolute Gasteiger partial charge is 0.396 e. The summed E-state index contributed by atoms with van der Waals surface area (Å²) < 4.78 is 29.4. The van der Waals surface area contributed by atoms with Crippen molar-refractivity contribution in [3.63, 3.8) is 0 Å². The Kier molecular flexibility index (Phi) is 9.80. The van der Waals surface area contributed by atoms with Gasteiger partial charge in [0, 0.05) is 48.8 Å². The number of hydrogen-bond acceptors (Lipinski definition) is 6. The Bertz CT molecular complexity index is 1410. The molecule has 0 bridgehead atoms. The van der Waals surface area contributed by atoms with E-state index in [0.717, 1.165) is 57.2 Å². The molecule has 0 aliphatic carbocycles. The van der Waals surface area contributed by atoms with Crippen LogP contribution in [0, 0.1) is 0 Å². The van der Waals surface area contributed by atoms with Gasteiger partial charge in [-0.25, -0.2) is 4.57 Å². The molecule has 2 aliphatic heterocycles. The normalized spacial score (nSPS) is 19.6. The lowest BCUT2D eigenvalue weighted by Gasteiger charge is -2.38. The average molecular weight is 602 g/mol. The lowest BCUT2D eigenvalue weighted by molar-refractivity contribution is 0.274. The van der Waals surface area contributed by atoms with Crippen molar-refractivity contribution in [3.05, 3.63) is 81.2 Å². The Morgan fingerprint density at radius 1 is 1.07 bits per heavy atom. The molecule has 3 heterocycles. The van der Waals surface area contributed by atoms with Crippen molar-refractivity contribution in [2.45, 2.75) is 51.2 Å². The zero-order valence-electron chi connectivity index (χ0n) is 23.1. The fourth-order valence-electron chi connectivity index (χ4n) is 5.51. The molecule has 2 aliphatic rings. The Balaban J connectivity index is 1.55. The highest BCUT2D eigenvalue weighted by Crippen LogP contribution is 2.50. The van der Waals surface area contributed by atoms with Gasteiger partial charge in [0.2, 0.25) is 0 Å². The van der Waals surface area contributed by atoms with E-state index in [1.54, 1.807) is 11.3 Å². The lowest BCUT2D eigenvalue weighted by Crippen LogP contribution is -2.37. The quantitative estimate of drug-likeness (QED) is 0.180. The summed E-state index contributed by atoms with van der Waals surface area (Å²) in [6, 6.07) is 16.8. The fourth-order valence-corrected chi connectivity index (χ4v) is 7.78. The van der Waals surface area contributed by atoms with Crippen LogP contribution in [0.4, 0.5) is 0 Å². The van der Waals surface area contributed by atoms with Crippen LogP contribution in [0.1, 0.15) is 54.1 Å². The number of aliphatic hydroxyl groups excluding tert-OH is 1. The van der Waals surface area contributed by atoms with Crippen molar-refractivity contribution >= 4 is 46.6 Å². The van der Waals surface area contributed by atoms with E-state index in [-0.39, 0.29) is 12.6 Å². The van der Waals surface area contributed by atoms with Gasteiger partial charge < -0.3 is 10.0 Å². The minimum absolute atomic E-state index is 0.107. The van der Waals surface area contributed by atoms with Gasteiger partial charge in [-0.15, -0.1) is 11.3 Å². The first-order chi connectivity index (χ1) is 19.4. The van der Waals surface area contributed by atoms with Crippen molar-refractivity contribution in [1.29, 1.82) is 0 Å². The summed E-state index contributed by atoms with van der Waals surface area (Å²) >= 11 is 8.56. The van der Waals surface area contributed by atoms with Gasteiger partial charge in [-0.3, -0.25) is 13.9 Å². The molecule has 7 nitrogen and oxygen atoms in total. The summed E-state index contributed by atoms with van der Waals surface area (Å²) in [6.07, 6.45) is 6.66. The fraction of sp³-hybridized carbons (Fsp3) is 0.433. The van der Waals surface area contributed by atoms with Gasteiger partial charge in [0.05, 0.1) is 17.6 Å². The van der Waals surface area contributed by atoms with Crippen molar-refractivity contribution in [1.82, 2.24) is 9.80 Å². The Morgan fingerprint density at radius 2 is 1.80 bits per heavy atom. The summed E-state index contributed by atoms with van der Waals surface area (Å²) in [5.41, 5.74) is 3.54. The van der Waals surface area contributed by atoms with Gasteiger partial charge in [0.15, 0.2) is 0 Å². The molecule has 5 rings (SSSR count). The van der Waals surface area contributed by atoms with Gasteiger partial charge >= 0.3 is 7.75 Å². The number of nitrogens with zero attached hydrogens (tertiary/aromatic N) is 3. The van der Waals surface area contributed by atoms with Crippen molar-refractivity contribution in [2.24, 2.45) is 4.76 Å². The van der Waals surface area contributed by atoms with Crippen LogP contribution >= 0.6 is 30.7 Å². The average Bonchev–Trinajstić information content (AvgIpc) is 3.61. The summed E-state index contributed by atoms with van der Waals surface area (Å²) in [5, 5.41) is 11.3. The molecule has 1 atom stereocenters. The highest BCUT2D eigenvalue weighted by molar-refractivity contribution is 7.52. The largest absolute Gasteiger partial charge is 0.454 e. The number of amidine groups is 1. The molecule has 2 aromatic carbocycles. The van der Waals surface area contributed by atoms with Crippen LogP contribution in [0.15, 0.2) is 64.9 Å². The molecule has 10 heteroatoms. The van der Waals surface area contributed by atoms with Crippen LogP contribution in [0.25, 0.3) is 10.1 Å². The highest BCUT2D eigenvalue weighted by atomic mass is 35.5. The van der Waals surface area contributed by atoms with Gasteiger partial charge in [-0.1, -0.05) is 65.7 Å². The van der Waals surface area contributed by atoms with E-state index in [4.69, 9.17) is 20.6 Å². The predicted octanol–water partition coefficient (Wildman–Crippen LogP) is 7.60. The lowest BCUT2D eigenvalue weighted by atomic mass is 9.92. The molecule has 40 heavy (non-hydrogen) atoms. The van der Waals surface area contributed by atoms with Gasteiger partial charge in [0.25, 0.3) is 0 Å². The first kappa shape index (κ1) is 29.5. The number of halogens is 1. The zero-order valence-corrected chi connectivity index (χ0v) is 25.6. The number of likely N-dealkylation sites (tertiary alicyclic amines) is 1. The second-order valence-corrected chi connectivity index (χ2v) is 13.7. The Hall–Kier alpha value is -2.03.